The average molecular weight is 236 g/mol. The molecular weight excluding hydrogens is 216 g/mol. The van der Waals surface area contributed by atoms with Crippen LogP contribution < -0.4 is 10.9 Å². The van der Waals surface area contributed by atoms with Crippen LogP contribution in [0.2, 0.25) is 0 Å². The van der Waals surface area contributed by atoms with Gasteiger partial charge in [0.05, 0.1) is 0 Å². The second kappa shape index (κ2) is 4.73. The highest BCUT2D eigenvalue weighted by Gasteiger charge is 2.21. The SMILES string of the molecule is Cc1cc(C)c(CNC(=O)C(C)(C)C)c(=O)[nH]1. The van der Waals surface area contributed by atoms with Crippen LogP contribution in [0.15, 0.2) is 10.9 Å². The summed E-state index contributed by atoms with van der Waals surface area (Å²) in [4.78, 5) is 26.2. The zero-order valence-electron chi connectivity index (χ0n) is 11.1. The monoisotopic (exact) mass is 236 g/mol. The Bertz CT molecular complexity index is 481. The van der Waals surface area contributed by atoms with E-state index in [1.165, 1.54) is 0 Å². The zero-order chi connectivity index (χ0) is 13.2. The molecule has 0 radical (unpaired) electrons. The van der Waals surface area contributed by atoms with Crippen LogP contribution in [0.5, 0.6) is 0 Å². The molecule has 0 fully saturated rings. The third-order valence-corrected chi connectivity index (χ3v) is 2.60. The van der Waals surface area contributed by atoms with Crippen LogP contribution >= 0.6 is 0 Å². The first-order valence-electron chi connectivity index (χ1n) is 5.69. The van der Waals surface area contributed by atoms with Crippen molar-refractivity contribution in [3.8, 4) is 0 Å². The van der Waals surface area contributed by atoms with E-state index in [-0.39, 0.29) is 18.0 Å². The van der Waals surface area contributed by atoms with Gasteiger partial charge in [0.2, 0.25) is 5.91 Å². The van der Waals surface area contributed by atoms with E-state index in [1.807, 2.05) is 40.7 Å². The second-order valence-corrected chi connectivity index (χ2v) is 5.38. The summed E-state index contributed by atoms with van der Waals surface area (Å²) < 4.78 is 0. The van der Waals surface area contributed by atoms with Crippen LogP contribution in [-0.2, 0) is 11.3 Å². The Morgan fingerprint density at radius 3 is 2.41 bits per heavy atom. The molecule has 0 unspecified atom stereocenters. The molecule has 0 atom stereocenters. The smallest absolute Gasteiger partial charge is 0.253 e. The topological polar surface area (TPSA) is 62.0 Å². The maximum Gasteiger partial charge on any atom is 0.253 e. The molecular formula is C13H20N2O2. The summed E-state index contributed by atoms with van der Waals surface area (Å²) in [5, 5.41) is 2.78. The van der Waals surface area contributed by atoms with Gasteiger partial charge in [-0.1, -0.05) is 20.8 Å². The molecule has 0 spiro atoms. The number of rotatable bonds is 2. The van der Waals surface area contributed by atoms with Gasteiger partial charge in [0.25, 0.3) is 5.56 Å². The molecule has 1 rings (SSSR count). The standard InChI is InChI=1S/C13H20N2O2/c1-8-6-9(2)15-11(16)10(8)7-14-12(17)13(3,4)5/h6H,7H2,1-5H3,(H,14,17)(H,15,16). The first kappa shape index (κ1) is 13.5. The minimum Gasteiger partial charge on any atom is -0.351 e. The largest absolute Gasteiger partial charge is 0.351 e. The summed E-state index contributed by atoms with van der Waals surface area (Å²) in [5.74, 6) is -0.0584. The Kier molecular flexibility index (Phi) is 3.76. The fourth-order valence-corrected chi connectivity index (χ4v) is 1.54. The summed E-state index contributed by atoms with van der Waals surface area (Å²) in [6, 6.07) is 1.90. The normalized spacial score (nSPS) is 11.4. The molecule has 0 aliphatic carbocycles. The van der Waals surface area contributed by atoms with Gasteiger partial charge in [-0.05, 0) is 25.5 Å². The van der Waals surface area contributed by atoms with E-state index < -0.39 is 5.41 Å². The molecule has 1 heterocycles. The number of pyridine rings is 1. The molecule has 1 aromatic heterocycles. The first-order chi connectivity index (χ1) is 7.71. The highest BCUT2D eigenvalue weighted by atomic mass is 16.2. The minimum atomic E-state index is -0.439. The van der Waals surface area contributed by atoms with Crippen molar-refractivity contribution in [1.82, 2.24) is 10.3 Å². The number of amides is 1. The summed E-state index contributed by atoms with van der Waals surface area (Å²) >= 11 is 0. The average Bonchev–Trinajstić information content (AvgIpc) is 2.13. The Hall–Kier alpha value is -1.58. The molecule has 0 bridgehead atoms. The number of carbonyl (C=O) groups is 1. The van der Waals surface area contributed by atoms with Crippen molar-refractivity contribution in [2.45, 2.75) is 41.2 Å². The van der Waals surface area contributed by atoms with Crippen molar-refractivity contribution in [2.24, 2.45) is 5.41 Å². The molecule has 0 saturated carbocycles. The van der Waals surface area contributed by atoms with Gasteiger partial charge in [0.15, 0.2) is 0 Å². The number of hydrogen-bond acceptors (Lipinski definition) is 2. The summed E-state index contributed by atoms with van der Waals surface area (Å²) in [7, 11) is 0. The lowest BCUT2D eigenvalue weighted by Gasteiger charge is -2.18. The van der Waals surface area contributed by atoms with E-state index in [0.29, 0.717) is 5.56 Å². The lowest BCUT2D eigenvalue weighted by atomic mass is 9.95. The van der Waals surface area contributed by atoms with Crippen LogP contribution in [-0.4, -0.2) is 10.9 Å². The highest BCUT2D eigenvalue weighted by molar-refractivity contribution is 5.81. The Morgan fingerprint density at radius 1 is 1.35 bits per heavy atom. The molecule has 0 aliphatic heterocycles. The molecule has 4 nitrogen and oxygen atoms in total. The third kappa shape index (κ3) is 3.44. The summed E-state index contributed by atoms with van der Waals surface area (Å²) in [6.07, 6.45) is 0. The van der Waals surface area contributed by atoms with Gasteiger partial charge in [-0.2, -0.15) is 0 Å². The van der Waals surface area contributed by atoms with Crippen LogP contribution in [0.3, 0.4) is 0 Å². The van der Waals surface area contributed by atoms with Crippen LogP contribution in [0.25, 0.3) is 0 Å². The van der Waals surface area contributed by atoms with Crippen molar-refractivity contribution in [3.05, 3.63) is 33.2 Å². The predicted molar refractivity (Wildman–Crippen MR) is 67.8 cm³/mol. The fourth-order valence-electron chi connectivity index (χ4n) is 1.54. The van der Waals surface area contributed by atoms with Gasteiger partial charge in [-0.3, -0.25) is 9.59 Å². The van der Waals surface area contributed by atoms with E-state index in [4.69, 9.17) is 0 Å². The molecule has 1 amide bonds. The quantitative estimate of drug-likeness (QED) is 0.820. The predicted octanol–water partition coefficient (Wildman–Crippen LogP) is 1.65. The lowest BCUT2D eigenvalue weighted by Crippen LogP contribution is -2.36. The number of aromatic nitrogens is 1. The minimum absolute atomic E-state index is 0.0584. The number of carbonyl (C=O) groups excluding carboxylic acids is 1. The van der Waals surface area contributed by atoms with Gasteiger partial charge < -0.3 is 10.3 Å². The molecule has 2 N–H and O–H groups in total. The molecule has 4 heteroatoms. The molecule has 0 saturated heterocycles. The summed E-state index contributed by atoms with van der Waals surface area (Å²) in [5.41, 5.74) is 1.79. The molecule has 1 aromatic rings. The van der Waals surface area contributed by atoms with E-state index in [1.54, 1.807) is 0 Å². The Morgan fingerprint density at radius 2 is 1.94 bits per heavy atom. The van der Waals surface area contributed by atoms with E-state index in [9.17, 15) is 9.59 Å². The van der Waals surface area contributed by atoms with Gasteiger partial charge in [0, 0.05) is 23.2 Å². The Labute approximate surface area is 101 Å². The number of aromatic amines is 1. The maximum atomic E-state index is 11.7. The zero-order valence-corrected chi connectivity index (χ0v) is 11.1. The van der Waals surface area contributed by atoms with Crippen LogP contribution in [0.4, 0.5) is 0 Å². The molecule has 0 aliphatic rings. The molecule has 17 heavy (non-hydrogen) atoms. The van der Waals surface area contributed by atoms with Crippen molar-refractivity contribution in [1.29, 1.82) is 0 Å². The van der Waals surface area contributed by atoms with E-state index in [0.717, 1.165) is 11.3 Å². The number of H-pyrrole nitrogens is 1. The van der Waals surface area contributed by atoms with Gasteiger partial charge >= 0.3 is 0 Å². The number of hydrogen-bond donors (Lipinski definition) is 2. The Balaban J connectivity index is 2.84. The van der Waals surface area contributed by atoms with Gasteiger partial charge in [-0.15, -0.1) is 0 Å². The van der Waals surface area contributed by atoms with E-state index in [2.05, 4.69) is 10.3 Å². The van der Waals surface area contributed by atoms with Crippen molar-refractivity contribution in [2.75, 3.05) is 0 Å². The number of aryl methyl sites for hydroxylation is 2. The fraction of sp³-hybridized carbons (Fsp3) is 0.538. The number of nitrogens with one attached hydrogen (secondary N) is 2. The maximum absolute atomic E-state index is 11.7. The molecule has 94 valence electrons. The van der Waals surface area contributed by atoms with Crippen molar-refractivity contribution < 1.29 is 4.79 Å². The van der Waals surface area contributed by atoms with Gasteiger partial charge in [0.1, 0.15) is 0 Å². The lowest BCUT2D eigenvalue weighted by molar-refractivity contribution is -0.128. The first-order valence-corrected chi connectivity index (χ1v) is 5.69. The van der Waals surface area contributed by atoms with E-state index >= 15 is 0 Å². The van der Waals surface area contributed by atoms with Crippen LogP contribution in [0, 0.1) is 19.3 Å². The summed E-state index contributed by atoms with van der Waals surface area (Å²) in [6.45, 7) is 9.52. The van der Waals surface area contributed by atoms with Crippen LogP contribution in [0.1, 0.15) is 37.6 Å². The third-order valence-electron chi connectivity index (χ3n) is 2.60. The van der Waals surface area contributed by atoms with Crippen molar-refractivity contribution in [3.63, 3.8) is 0 Å². The van der Waals surface area contributed by atoms with Gasteiger partial charge in [-0.25, -0.2) is 0 Å². The second-order valence-electron chi connectivity index (χ2n) is 5.38. The van der Waals surface area contributed by atoms with Crippen molar-refractivity contribution >= 4 is 5.91 Å². The highest BCUT2D eigenvalue weighted by Crippen LogP contribution is 2.13. The molecule has 0 aromatic carbocycles.